The number of rotatable bonds is 7. The van der Waals surface area contributed by atoms with Crippen LogP contribution in [0.4, 0.5) is 10.1 Å². The normalized spacial score (nSPS) is 10.9. The van der Waals surface area contributed by atoms with Crippen molar-refractivity contribution < 1.29 is 13.9 Å². The van der Waals surface area contributed by atoms with E-state index in [-0.39, 0.29) is 5.82 Å². The summed E-state index contributed by atoms with van der Waals surface area (Å²) in [6.45, 7) is 2.80. The van der Waals surface area contributed by atoms with E-state index in [9.17, 15) is 4.39 Å². The van der Waals surface area contributed by atoms with E-state index in [1.807, 2.05) is 55.6 Å². The minimum atomic E-state index is -0.259. The van der Waals surface area contributed by atoms with Crippen molar-refractivity contribution in [3.63, 3.8) is 0 Å². The Morgan fingerprint density at radius 1 is 1.00 bits per heavy atom. The summed E-state index contributed by atoms with van der Waals surface area (Å²) in [6.07, 6.45) is 1.81. The molecule has 0 aliphatic heterocycles. The van der Waals surface area contributed by atoms with Crippen molar-refractivity contribution in [2.45, 2.75) is 13.5 Å². The summed E-state index contributed by atoms with van der Waals surface area (Å²) in [5.74, 6) is 1.09. The van der Waals surface area contributed by atoms with Crippen LogP contribution in [-0.4, -0.2) is 12.8 Å². The largest absolute Gasteiger partial charge is 0.490 e. The van der Waals surface area contributed by atoms with Crippen LogP contribution >= 0.6 is 22.6 Å². The number of hydrogen-bond donors (Lipinski definition) is 0. The van der Waals surface area contributed by atoms with Crippen molar-refractivity contribution in [3.8, 4) is 11.5 Å². The number of hydrogen-bond acceptors (Lipinski definition) is 3. The van der Waals surface area contributed by atoms with Gasteiger partial charge in [-0.15, -0.1) is 0 Å². The van der Waals surface area contributed by atoms with Gasteiger partial charge in [0.2, 0.25) is 0 Å². The van der Waals surface area contributed by atoms with Crippen molar-refractivity contribution in [1.82, 2.24) is 0 Å². The zero-order valence-electron chi connectivity index (χ0n) is 14.9. The van der Waals surface area contributed by atoms with Gasteiger partial charge in [-0.2, -0.15) is 0 Å². The molecule has 138 valence electrons. The molecule has 27 heavy (non-hydrogen) atoms. The molecule has 0 amide bonds. The van der Waals surface area contributed by atoms with Crippen LogP contribution in [0.15, 0.2) is 71.7 Å². The molecular formula is C22H19FINO2. The van der Waals surface area contributed by atoms with Crippen LogP contribution in [0.25, 0.3) is 0 Å². The van der Waals surface area contributed by atoms with Crippen LogP contribution in [0.1, 0.15) is 18.1 Å². The van der Waals surface area contributed by atoms with E-state index in [4.69, 9.17) is 9.47 Å². The minimum Gasteiger partial charge on any atom is -0.490 e. The topological polar surface area (TPSA) is 30.8 Å². The smallest absolute Gasteiger partial charge is 0.175 e. The van der Waals surface area contributed by atoms with Crippen molar-refractivity contribution >= 4 is 34.5 Å². The lowest BCUT2D eigenvalue weighted by atomic mass is 10.2. The molecular weight excluding hydrogens is 456 g/mol. The molecule has 0 aliphatic rings. The van der Waals surface area contributed by atoms with E-state index < -0.39 is 0 Å². The standard InChI is InChI=1S/C22H19FINO2/c1-2-26-21-13-17(14-25-19-6-4-3-5-7-19)12-20(24)22(21)27-15-16-8-10-18(23)11-9-16/h3-14H,2,15H2,1H3. The molecule has 0 spiro atoms. The molecule has 0 radical (unpaired) electrons. The highest BCUT2D eigenvalue weighted by Crippen LogP contribution is 2.34. The number of halogens is 2. The molecule has 5 heteroatoms. The maximum Gasteiger partial charge on any atom is 0.175 e. The Hall–Kier alpha value is -2.41. The number of aliphatic imine (C=N–C) groups is 1. The van der Waals surface area contributed by atoms with Gasteiger partial charge in [0.15, 0.2) is 11.5 Å². The van der Waals surface area contributed by atoms with Crippen LogP contribution in [0, 0.1) is 9.39 Å². The first-order valence-corrected chi connectivity index (χ1v) is 9.66. The summed E-state index contributed by atoms with van der Waals surface area (Å²) >= 11 is 2.23. The fourth-order valence-electron chi connectivity index (χ4n) is 2.46. The quantitative estimate of drug-likeness (QED) is 0.303. The highest BCUT2D eigenvalue weighted by molar-refractivity contribution is 14.1. The Morgan fingerprint density at radius 2 is 1.74 bits per heavy atom. The fourth-order valence-corrected chi connectivity index (χ4v) is 3.25. The van der Waals surface area contributed by atoms with Crippen molar-refractivity contribution in [3.05, 3.63) is 87.2 Å². The second-order valence-electron chi connectivity index (χ2n) is 5.77. The highest BCUT2D eigenvalue weighted by atomic mass is 127. The van der Waals surface area contributed by atoms with Gasteiger partial charge < -0.3 is 9.47 Å². The Bertz CT molecular complexity index is 912. The average Bonchev–Trinajstić information content (AvgIpc) is 2.68. The lowest BCUT2D eigenvalue weighted by molar-refractivity contribution is 0.267. The van der Waals surface area contributed by atoms with Gasteiger partial charge in [0.25, 0.3) is 0 Å². The molecule has 0 aliphatic carbocycles. The van der Waals surface area contributed by atoms with E-state index in [2.05, 4.69) is 27.6 Å². The van der Waals surface area contributed by atoms with Gasteiger partial charge in [-0.3, -0.25) is 4.99 Å². The first kappa shape index (κ1) is 19.4. The number of nitrogens with zero attached hydrogens (tertiary/aromatic N) is 1. The van der Waals surface area contributed by atoms with Gasteiger partial charge >= 0.3 is 0 Å². The number of benzene rings is 3. The summed E-state index contributed by atoms with van der Waals surface area (Å²) in [4.78, 5) is 4.49. The molecule has 0 saturated carbocycles. The molecule has 0 saturated heterocycles. The van der Waals surface area contributed by atoms with E-state index in [1.165, 1.54) is 12.1 Å². The second-order valence-corrected chi connectivity index (χ2v) is 6.93. The average molecular weight is 475 g/mol. The van der Waals surface area contributed by atoms with Gasteiger partial charge in [-0.1, -0.05) is 30.3 Å². The first-order valence-electron chi connectivity index (χ1n) is 8.58. The molecule has 0 aromatic heterocycles. The molecule has 3 aromatic rings. The number of ether oxygens (including phenoxy) is 2. The molecule has 0 bridgehead atoms. The lowest BCUT2D eigenvalue weighted by Gasteiger charge is -2.14. The molecule has 3 nitrogen and oxygen atoms in total. The molecule has 3 rings (SSSR count). The predicted octanol–water partition coefficient (Wildman–Crippen LogP) is 6.16. The summed E-state index contributed by atoms with van der Waals surface area (Å²) in [6, 6.07) is 20.0. The summed E-state index contributed by atoms with van der Waals surface area (Å²) in [7, 11) is 0. The first-order chi connectivity index (χ1) is 13.2. The SMILES string of the molecule is CCOc1cc(C=Nc2ccccc2)cc(I)c1OCc1ccc(F)cc1. The maximum absolute atomic E-state index is 13.0. The Balaban J connectivity index is 1.81. The van der Waals surface area contributed by atoms with Gasteiger partial charge in [0.05, 0.1) is 15.9 Å². The second kappa shape index (κ2) is 9.50. The van der Waals surface area contributed by atoms with Crippen molar-refractivity contribution in [1.29, 1.82) is 0 Å². The Morgan fingerprint density at radius 3 is 2.44 bits per heavy atom. The van der Waals surface area contributed by atoms with Crippen LogP contribution in [0.2, 0.25) is 0 Å². The molecule has 0 heterocycles. The van der Waals surface area contributed by atoms with E-state index >= 15 is 0 Å². The summed E-state index contributed by atoms with van der Waals surface area (Å²) in [5.41, 5.74) is 2.72. The van der Waals surface area contributed by atoms with Crippen molar-refractivity contribution in [2.24, 2.45) is 4.99 Å². The molecule has 0 unspecified atom stereocenters. The van der Waals surface area contributed by atoms with Crippen molar-refractivity contribution in [2.75, 3.05) is 6.61 Å². The van der Waals surface area contributed by atoms with E-state index in [0.29, 0.717) is 24.7 Å². The third-order valence-electron chi connectivity index (χ3n) is 3.75. The van der Waals surface area contributed by atoms with Crippen LogP contribution in [-0.2, 0) is 6.61 Å². The van der Waals surface area contributed by atoms with Gasteiger partial charge in [-0.25, -0.2) is 4.39 Å². The molecule has 0 fully saturated rings. The molecule has 3 aromatic carbocycles. The lowest BCUT2D eigenvalue weighted by Crippen LogP contribution is -2.02. The third-order valence-corrected chi connectivity index (χ3v) is 4.55. The maximum atomic E-state index is 13.0. The number of para-hydroxylation sites is 1. The summed E-state index contributed by atoms with van der Waals surface area (Å²) in [5, 5.41) is 0. The van der Waals surface area contributed by atoms with Gasteiger partial charge in [0.1, 0.15) is 12.4 Å². The third kappa shape index (κ3) is 5.53. The van der Waals surface area contributed by atoms with Crippen LogP contribution in [0.5, 0.6) is 11.5 Å². The Kier molecular flexibility index (Phi) is 6.81. The zero-order chi connectivity index (χ0) is 19.1. The summed E-state index contributed by atoms with van der Waals surface area (Å²) < 4.78 is 25.7. The highest BCUT2D eigenvalue weighted by Gasteiger charge is 2.12. The fraction of sp³-hybridized carbons (Fsp3) is 0.136. The monoisotopic (exact) mass is 475 g/mol. The molecule has 0 atom stereocenters. The van der Waals surface area contributed by atoms with Gasteiger partial charge in [0, 0.05) is 6.21 Å². The predicted molar refractivity (Wildman–Crippen MR) is 115 cm³/mol. The minimum absolute atomic E-state index is 0.259. The van der Waals surface area contributed by atoms with Crippen LogP contribution < -0.4 is 9.47 Å². The molecule has 0 N–H and O–H groups in total. The van der Waals surface area contributed by atoms with Crippen LogP contribution in [0.3, 0.4) is 0 Å². The van der Waals surface area contributed by atoms with E-state index in [0.717, 1.165) is 20.4 Å². The van der Waals surface area contributed by atoms with Gasteiger partial charge in [-0.05, 0) is 77.0 Å². The zero-order valence-corrected chi connectivity index (χ0v) is 17.0. The Labute approximate surface area is 172 Å². The van der Waals surface area contributed by atoms with E-state index in [1.54, 1.807) is 12.1 Å².